The number of benzene rings is 11. The van der Waals surface area contributed by atoms with Crippen molar-refractivity contribution in [3.05, 3.63) is 224 Å². The molecule has 0 amide bonds. The van der Waals surface area contributed by atoms with E-state index in [9.17, 15) is 0 Å². The summed E-state index contributed by atoms with van der Waals surface area (Å²) in [6, 6.07) is 82.6. The molecule has 0 unspecified atom stereocenters. The molecule has 1 heteroatoms. The predicted octanol–water partition coefficient (Wildman–Crippen LogP) is 16.4. The Morgan fingerprint density at radius 1 is 0.220 bits per heavy atom. The Balaban J connectivity index is 1.01. The minimum atomic E-state index is 1.10. The standard InChI is InChI=1S/C58H37N/c1-3-18-48-38(11-1)13-9-22-49(48)40-29-31-45(32-30-40)59(46-16-7-14-42(35-46)43-28-27-41-26-25-39-12-2-4-19-50(39)57(41)37-43)47-17-8-15-44(36-47)51-33-34-56-53-21-6-5-20-52(53)55-24-10-23-54(51)58(55)56/h1-37H. The number of hydrogen-bond acceptors (Lipinski definition) is 1. The van der Waals surface area contributed by atoms with Crippen molar-refractivity contribution in [1.82, 2.24) is 0 Å². The average molecular weight is 748 g/mol. The fourth-order valence-corrected chi connectivity index (χ4v) is 9.59. The van der Waals surface area contributed by atoms with Gasteiger partial charge in [0.1, 0.15) is 0 Å². The van der Waals surface area contributed by atoms with Gasteiger partial charge in [-0.1, -0.05) is 182 Å². The summed E-state index contributed by atoms with van der Waals surface area (Å²) in [5.74, 6) is 0. The Morgan fingerprint density at radius 2 is 0.695 bits per heavy atom. The zero-order valence-corrected chi connectivity index (χ0v) is 32.3. The molecule has 1 nitrogen and oxygen atoms in total. The van der Waals surface area contributed by atoms with Gasteiger partial charge in [-0.05, 0) is 141 Å². The fraction of sp³-hybridized carbons (Fsp3) is 0. The van der Waals surface area contributed by atoms with E-state index in [-0.39, 0.29) is 0 Å². The number of nitrogens with zero attached hydrogens (tertiary/aromatic N) is 1. The summed E-state index contributed by atoms with van der Waals surface area (Å²) < 4.78 is 0. The molecule has 59 heavy (non-hydrogen) atoms. The maximum atomic E-state index is 2.41. The molecule has 0 fully saturated rings. The highest BCUT2D eigenvalue weighted by Gasteiger charge is 2.23. The molecule has 11 aromatic rings. The summed E-state index contributed by atoms with van der Waals surface area (Å²) in [7, 11) is 0. The van der Waals surface area contributed by atoms with Crippen LogP contribution >= 0.6 is 0 Å². The third-order valence-electron chi connectivity index (χ3n) is 12.4. The summed E-state index contributed by atoms with van der Waals surface area (Å²) in [5.41, 5.74) is 15.8. The molecule has 274 valence electrons. The van der Waals surface area contributed by atoms with Crippen LogP contribution < -0.4 is 4.90 Å². The van der Waals surface area contributed by atoms with E-state index < -0.39 is 0 Å². The molecule has 0 radical (unpaired) electrons. The van der Waals surface area contributed by atoms with Crippen LogP contribution in [0.1, 0.15) is 0 Å². The number of anilines is 3. The molecule has 0 N–H and O–H groups in total. The SMILES string of the molecule is c1cc(-c2ccc3ccc4ccccc4c3c2)cc(N(c2ccc(-c3cccc4ccccc34)cc2)c2cccc(-c3ccc4c5c(cccc35)-c3ccccc3-4)c2)c1. The molecular formula is C58H37N. The quantitative estimate of drug-likeness (QED) is 0.153. The second-order valence-electron chi connectivity index (χ2n) is 15.7. The van der Waals surface area contributed by atoms with Crippen molar-refractivity contribution in [1.29, 1.82) is 0 Å². The average Bonchev–Trinajstić information content (AvgIpc) is 3.64. The summed E-state index contributed by atoms with van der Waals surface area (Å²) in [6.45, 7) is 0. The second kappa shape index (κ2) is 13.4. The zero-order chi connectivity index (χ0) is 38.9. The van der Waals surface area contributed by atoms with Crippen molar-refractivity contribution < 1.29 is 0 Å². The minimum Gasteiger partial charge on any atom is -0.310 e. The van der Waals surface area contributed by atoms with E-state index in [1.165, 1.54) is 98.7 Å². The number of fused-ring (bicyclic) bond motifs is 7. The topological polar surface area (TPSA) is 3.24 Å². The van der Waals surface area contributed by atoms with E-state index in [2.05, 4.69) is 229 Å². The van der Waals surface area contributed by atoms with Gasteiger partial charge in [0.2, 0.25) is 0 Å². The highest BCUT2D eigenvalue weighted by Crippen LogP contribution is 2.50. The van der Waals surface area contributed by atoms with Gasteiger partial charge in [0.25, 0.3) is 0 Å². The van der Waals surface area contributed by atoms with Gasteiger partial charge in [0, 0.05) is 17.1 Å². The van der Waals surface area contributed by atoms with Crippen molar-refractivity contribution in [2.24, 2.45) is 0 Å². The molecule has 0 atom stereocenters. The van der Waals surface area contributed by atoms with Gasteiger partial charge in [0.05, 0.1) is 0 Å². The Morgan fingerprint density at radius 3 is 1.49 bits per heavy atom. The third-order valence-corrected chi connectivity index (χ3v) is 12.4. The van der Waals surface area contributed by atoms with Crippen LogP contribution in [0.2, 0.25) is 0 Å². The van der Waals surface area contributed by atoms with Gasteiger partial charge in [0.15, 0.2) is 0 Å². The lowest BCUT2D eigenvalue weighted by Gasteiger charge is -2.27. The molecule has 0 bridgehead atoms. The normalized spacial score (nSPS) is 11.7. The van der Waals surface area contributed by atoms with Crippen LogP contribution in [0.5, 0.6) is 0 Å². The maximum Gasteiger partial charge on any atom is 0.0467 e. The van der Waals surface area contributed by atoms with E-state index in [4.69, 9.17) is 0 Å². The Labute approximate surface area is 343 Å². The van der Waals surface area contributed by atoms with E-state index in [1.54, 1.807) is 0 Å². The molecule has 0 aromatic heterocycles. The molecule has 0 saturated carbocycles. The van der Waals surface area contributed by atoms with Gasteiger partial charge in [-0.2, -0.15) is 0 Å². The van der Waals surface area contributed by atoms with Crippen molar-refractivity contribution in [3.63, 3.8) is 0 Å². The lowest BCUT2D eigenvalue weighted by Crippen LogP contribution is -2.10. The predicted molar refractivity (Wildman–Crippen MR) is 252 cm³/mol. The molecule has 1 aliphatic rings. The second-order valence-corrected chi connectivity index (χ2v) is 15.7. The first-order valence-corrected chi connectivity index (χ1v) is 20.4. The number of rotatable bonds is 6. The van der Waals surface area contributed by atoms with Gasteiger partial charge in [-0.3, -0.25) is 0 Å². The first kappa shape index (κ1) is 33.4. The van der Waals surface area contributed by atoms with Crippen LogP contribution in [0.3, 0.4) is 0 Å². The monoisotopic (exact) mass is 747 g/mol. The van der Waals surface area contributed by atoms with E-state index in [1.807, 2.05) is 0 Å². The van der Waals surface area contributed by atoms with Crippen LogP contribution in [0.25, 0.3) is 98.7 Å². The molecule has 0 spiro atoms. The molecule has 0 heterocycles. The van der Waals surface area contributed by atoms with Gasteiger partial charge in [-0.25, -0.2) is 0 Å². The van der Waals surface area contributed by atoms with Crippen molar-refractivity contribution in [2.75, 3.05) is 4.90 Å². The first-order valence-electron chi connectivity index (χ1n) is 20.4. The van der Waals surface area contributed by atoms with E-state index in [0.29, 0.717) is 0 Å². The molecule has 11 aromatic carbocycles. The first-order chi connectivity index (χ1) is 29.2. The highest BCUT2D eigenvalue weighted by molar-refractivity contribution is 6.18. The van der Waals surface area contributed by atoms with Gasteiger partial charge in [-0.15, -0.1) is 0 Å². The minimum absolute atomic E-state index is 1.10. The lowest BCUT2D eigenvalue weighted by atomic mass is 9.94. The largest absolute Gasteiger partial charge is 0.310 e. The van der Waals surface area contributed by atoms with Crippen LogP contribution in [-0.2, 0) is 0 Å². The van der Waals surface area contributed by atoms with E-state index >= 15 is 0 Å². The van der Waals surface area contributed by atoms with Crippen LogP contribution in [0.15, 0.2) is 224 Å². The Kier molecular flexibility index (Phi) is 7.61. The molecule has 1 aliphatic carbocycles. The van der Waals surface area contributed by atoms with Crippen LogP contribution in [-0.4, -0.2) is 0 Å². The van der Waals surface area contributed by atoms with Crippen molar-refractivity contribution in [3.8, 4) is 55.6 Å². The molecule has 0 saturated heterocycles. The third kappa shape index (κ3) is 5.47. The smallest absolute Gasteiger partial charge is 0.0467 e. The van der Waals surface area contributed by atoms with Crippen LogP contribution in [0, 0.1) is 0 Å². The van der Waals surface area contributed by atoms with Crippen molar-refractivity contribution >= 4 is 60.2 Å². The summed E-state index contributed by atoms with van der Waals surface area (Å²) in [6.07, 6.45) is 0. The molecular weight excluding hydrogens is 711 g/mol. The van der Waals surface area contributed by atoms with E-state index in [0.717, 1.165) is 17.1 Å². The summed E-state index contributed by atoms with van der Waals surface area (Å²) in [4.78, 5) is 2.41. The van der Waals surface area contributed by atoms with Gasteiger partial charge >= 0.3 is 0 Å². The zero-order valence-electron chi connectivity index (χ0n) is 32.3. The summed E-state index contributed by atoms with van der Waals surface area (Å²) in [5, 5.41) is 10.2. The van der Waals surface area contributed by atoms with Crippen LogP contribution in [0.4, 0.5) is 17.1 Å². The summed E-state index contributed by atoms with van der Waals surface area (Å²) >= 11 is 0. The molecule has 12 rings (SSSR count). The van der Waals surface area contributed by atoms with Gasteiger partial charge < -0.3 is 4.90 Å². The maximum absolute atomic E-state index is 2.41. The lowest BCUT2D eigenvalue weighted by molar-refractivity contribution is 1.28. The number of hydrogen-bond donors (Lipinski definition) is 0. The Bertz CT molecular complexity index is 3410. The highest BCUT2D eigenvalue weighted by atomic mass is 15.1. The van der Waals surface area contributed by atoms with Crippen molar-refractivity contribution in [2.45, 2.75) is 0 Å². The molecule has 0 aliphatic heterocycles. The Hall–Kier alpha value is -7.74. The fourth-order valence-electron chi connectivity index (χ4n) is 9.59.